The number of furan rings is 1. The van der Waals surface area contributed by atoms with E-state index in [1.165, 1.54) is 30.5 Å². The highest BCUT2D eigenvalue weighted by Gasteiger charge is 2.11. The largest absolute Gasteiger partial charge is 0.487 e. The zero-order valence-electron chi connectivity index (χ0n) is 28.8. The molecule has 0 aliphatic rings. The Morgan fingerprint density at radius 2 is 1.63 bits per heavy atom. The second-order valence-electron chi connectivity index (χ2n) is 11.6. The molecule has 4 N–H and O–H groups in total. The Bertz CT molecular complexity index is 2200. The molecule has 0 saturated carbocycles. The van der Waals surface area contributed by atoms with Gasteiger partial charge >= 0.3 is 11.6 Å². The third kappa shape index (κ3) is 12.4. The quantitative estimate of drug-likeness (QED) is 0.0957. The molecule has 0 aliphatic carbocycles. The zero-order valence-corrected chi connectivity index (χ0v) is 31.2. The van der Waals surface area contributed by atoms with E-state index in [2.05, 4.69) is 53.4 Å². The monoisotopic (exact) mass is 765 g/mol. The van der Waals surface area contributed by atoms with E-state index >= 15 is 0 Å². The first kappa shape index (κ1) is 41.5. The summed E-state index contributed by atoms with van der Waals surface area (Å²) in [6, 6.07) is 30.1. The van der Waals surface area contributed by atoms with Crippen molar-refractivity contribution in [3.8, 4) is 17.1 Å². The lowest BCUT2D eigenvalue weighted by Crippen LogP contribution is -1.98. The van der Waals surface area contributed by atoms with Crippen LogP contribution in [0.1, 0.15) is 48.6 Å². The number of hydrogen-bond acceptors (Lipinski definition) is 9. The van der Waals surface area contributed by atoms with Crippen LogP contribution in [-0.2, 0) is 34.7 Å². The average molecular weight is 766 g/mol. The van der Waals surface area contributed by atoms with Gasteiger partial charge in [0.1, 0.15) is 36.0 Å². The van der Waals surface area contributed by atoms with Crippen LogP contribution in [0.15, 0.2) is 113 Å². The first-order chi connectivity index (χ1) is 24.5. The number of ether oxygens (including phenoxy) is 1. The van der Waals surface area contributed by atoms with E-state index in [1.807, 2.05) is 55.5 Å². The van der Waals surface area contributed by atoms with Gasteiger partial charge in [-0.15, -0.1) is 0 Å². The van der Waals surface area contributed by atoms with Crippen molar-refractivity contribution in [3.63, 3.8) is 0 Å². The summed E-state index contributed by atoms with van der Waals surface area (Å²) >= 11 is 5.80. The number of nitrogens with one attached hydrogen (secondary N) is 1. The van der Waals surface area contributed by atoms with Gasteiger partial charge in [-0.25, -0.2) is 9.97 Å². The number of benzene rings is 4. The number of aromatic nitrogens is 2. The Labute approximate surface area is 311 Å². The molecule has 0 aliphatic heterocycles. The maximum Gasteiger partial charge on any atom is 0.335 e. The predicted molar refractivity (Wildman–Crippen MR) is 204 cm³/mol. The molecule has 0 bridgehead atoms. The molecule has 2 heterocycles. The van der Waals surface area contributed by atoms with E-state index in [4.69, 9.17) is 33.7 Å². The molecule has 0 spiro atoms. The van der Waals surface area contributed by atoms with Crippen molar-refractivity contribution in [2.45, 2.75) is 58.0 Å². The maximum atomic E-state index is 10.5. The molecular formula is C38H40ClN3O8S2. The molecule has 0 saturated heterocycles. The summed E-state index contributed by atoms with van der Waals surface area (Å²) in [6.45, 7) is 6.57. The van der Waals surface area contributed by atoms with Crippen molar-refractivity contribution in [2.24, 2.45) is 0 Å². The van der Waals surface area contributed by atoms with Gasteiger partial charge in [-0.2, -0.15) is 16.8 Å². The van der Waals surface area contributed by atoms with E-state index < -0.39 is 21.7 Å². The number of aryl methyl sites for hydroxylation is 3. The molecule has 0 atom stereocenters. The molecule has 274 valence electrons. The second-order valence-corrected chi connectivity index (χ2v) is 13.5. The minimum atomic E-state index is -4.02. The first-order valence-electron chi connectivity index (χ1n) is 16.1. The van der Waals surface area contributed by atoms with Gasteiger partial charge < -0.3 is 19.9 Å². The van der Waals surface area contributed by atoms with E-state index in [0.717, 1.165) is 57.6 Å². The molecular weight excluding hydrogens is 726 g/mol. The van der Waals surface area contributed by atoms with Crippen molar-refractivity contribution in [1.82, 2.24) is 9.97 Å². The number of anilines is 2. The van der Waals surface area contributed by atoms with Crippen LogP contribution in [0.25, 0.3) is 22.2 Å². The molecule has 0 unspecified atom stereocenters. The minimum absolute atomic E-state index is 0. The standard InChI is InChI=1S/C31H30ClN3O2.C7H8O3S.O2S.H2O/c1-3-4-5-9-25-12-15-29(37-25)23-10-13-28-26(17-23)31(34-20-33-28)35-24-11-14-30(27(32)18-24)36-19-22-8-6-7-21(2)16-22;1-6-2-4-7(5-3-6)11(8,9)10;1-3-2;/h6-8,10-18,20H,3-5,9,19H2,1-2H3,(H,33,34,35);2-5H,1H3,(H,8,9,10);;1H2. The van der Waals surface area contributed by atoms with Crippen LogP contribution in [0.4, 0.5) is 11.5 Å². The summed E-state index contributed by atoms with van der Waals surface area (Å²) in [5.74, 6) is 3.20. The number of unbranched alkanes of at least 4 members (excludes halogenated alkanes) is 2. The van der Waals surface area contributed by atoms with E-state index in [-0.39, 0.29) is 10.4 Å². The van der Waals surface area contributed by atoms with Crippen molar-refractivity contribution in [1.29, 1.82) is 0 Å². The normalized spacial score (nSPS) is 10.6. The molecule has 14 heteroatoms. The summed E-state index contributed by atoms with van der Waals surface area (Å²) in [5, 5.41) is 4.83. The Kier molecular flexibility index (Phi) is 16.1. The minimum Gasteiger partial charge on any atom is -0.487 e. The Morgan fingerprint density at radius 1 is 0.885 bits per heavy atom. The molecule has 6 aromatic rings. The fourth-order valence-electron chi connectivity index (χ4n) is 5.03. The molecule has 4 aromatic carbocycles. The van der Waals surface area contributed by atoms with Crippen LogP contribution in [-0.4, -0.2) is 36.8 Å². The highest BCUT2D eigenvalue weighted by molar-refractivity contribution is 7.85. The predicted octanol–water partition coefficient (Wildman–Crippen LogP) is 8.65. The lowest BCUT2D eigenvalue weighted by Gasteiger charge is -2.12. The number of nitrogens with zero attached hydrogens (tertiary/aromatic N) is 2. The van der Waals surface area contributed by atoms with Crippen molar-refractivity contribution in [3.05, 3.63) is 131 Å². The molecule has 2 aromatic heterocycles. The summed E-state index contributed by atoms with van der Waals surface area (Å²) in [4.78, 5) is 8.87. The molecule has 11 nitrogen and oxygen atoms in total. The maximum absolute atomic E-state index is 10.5. The Morgan fingerprint density at radius 3 is 2.31 bits per heavy atom. The van der Waals surface area contributed by atoms with Crippen LogP contribution < -0.4 is 10.1 Å². The summed E-state index contributed by atoms with van der Waals surface area (Å²) in [7, 11) is -4.02. The van der Waals surface area contributed by atoms with Gasteiger partial charge in [0, 0.05) is 23.1 Å². The third-order valence-electron chi connectivity index (χ3n) is 7.60. The Balaban J connectivity index is 0.000000411. The summed E-state index contributed by atoms with van der Waals surface area (Å²) in [6.07, 6.45) is 6.07. The van der Waals surface area contributed by atoms with Crippen molar-refractivity contribution >= 4 is 55.7 Å². The SMILES string of the molecule is CCCCCc1ccc(-c2ccc3ncnc(Nc4ccc(OCc5cccc(C)c5)c(Cl)c4)c3c2)o1.Cc1ccc(S(=O)(=O)O)cc1.O.O=S=O. The third-order valence-corrected chi connectivity index (χ3v) is 8.76. The smallest absolute Gasteiger partial charge is 0.335 e. The van der Waals surface area contributed by atoms with Crippen molar-refractivity contribution < 1.29 is 36.0 Å². The molecule has 6 rings (SSSR count). The van der Waals surface area contributed by atoms with Gasteiger partial charge in [0.15, 0.2) is 0 Å². The van der Waals surface area contributed by atoms with Crippen LogP contribution in [0, 0.1) is 13.8 Å². The van der Waals surface area contributed by atoms with Gasteiger partial charge in [0.25, 0.3) is 10.1 Å². The molecule has 0 fully saturated rings. The highest BCUT2D eigenvalue weighted by atomic mass is 35.5. The summed E-state index contributed by atoms with van der Waals surface area (Å²) < 4.78 is 58.2. The Hall–Kier alpha value is -4.92. The zero-order chi connectivity index (χ0) is 36.8. The number of rotatable bonds is 11. The highest BCUT2D eigenvalue weighted by Crippen LogP contribution is 2.33. The van der Waals surface area contributed by atoms with Crippen LogP contribution >= 0.6 is 11.6 Å². The molecule has 52 heavy (non-hydrogen) atoms. The molecule has 0 amide bonds. The second kappa shape index (κ2) is 20.2. The first-order valence-corrected chi connectivity index (χ1v) is 18.5. The van der Waals surface area contributed by atoms with Gasteiger partial charge in [0.2, 0.25) is 0 Å². The van der Waals surface area contributed by atoms with Crippen LogP contribution in [0.5, 0.6) is 5.75 Å². The lowest BCUT2D eigenvalue weighted by molar-refractivity contribution is 0.306. The number of fused-ring (bicyclic) bond motifs is 1. The number of hydrogen-bond donors (Lipinski definition) is 2. The topological polar surface area (TPSA) is 180 Å². The fraction of sp³-hybridized carbons (Fsp3) is 0.211. The van der Waals surface area contributed by atoms with Crippen LogP contribution in [0.2, 0.25) is 5.02 Å². The average Bonchev–Trinajstić information content (AvgIpc) is 3.58. The number of halogens is 1. The van der Waals surface area contributed by atoms with E-state index in [9.17, 15) is 8.42 Å². The van der Waals surface area contributed by atoms with Gasteiger partial charge in [0.05, 0.1) is 15.4 Å². The van der Waals surface area contributed by atoms with Crippen LogP contribution in [0.3, 0.4) is 0 Å². The van der Waals surface area contributed by atoms with Crippen molar-refractivity contribution in [2.75, 3.05) is 5.32 Å². The lowest BCUT2D eigenvalue weighted by atomic mass is 10.1. The van der Waals surface area contributed by atoms with Gasteiger partial charge in [-0.05, 0) is 86.5 Å². The van der Waals surface area contributed by atoms with Gasteiger partial charge in [-0.3, -0.25) is 4.55 Å². The van der Waals surface area contributed by atoms with E-state index in [1.54, 1.807) is 18.5 Å². The fourth-order valence-corrected chi connectivity index (χ4v) is 5.75. The van der Waals surface area contributed by atoms with Gasteiger partial charge in [-0.1, -0.05) is 78.9 Å². The molecule has 0 radical (unpaired) electrons. The summed E-state index contributed by atoms with van der Waals surface area (Å²) in [5.41, 5.74) is 5.91. The van der Waals surface area contributed by atoms with E-state index in [0.29, 0.717) is 23.2 Å².